The zero-order valence-electron chi connectivity index (χ0n) is 36.9. The summed E-state index contributed by atoms with van der Waals surface area (Å²) in [5.41, 5.74) is 6.25. The van der Waals surface area contributed by atoms with Gasteiger partial charge in [-0.1, -0.05) is 207 Å². The van der Waals surface area contributed by atoms with E-state index in [9.17, 15) is 4.79 Å². The van der Waals surface area contributed by atoms with Crippen LogP contribution in [-0.4, -0.2) is 38.8 Å². The van der Waals surface area contributed by atoms with Gasteiger partial charge in [0.05, 0.1) is 19.8 Å². The fourth-order valence-electron chi connectivity index (χ4n) is 7.30. The van der Waals surface area contributed by atoms with Crippen molar-refractivity contribution in [1.82, 2.24) is 5.32 Å². The van der Waals surface area contributed by atoms with E-state index in [4.69, 9.17) is 19.9 Å². The Morgan fingerprint density at radius 2 is 0.745 bits per heavy atom. The fourth-order valence-corrected chi connectivity index (χ4v) is 7.30. The number of hydrogen-bond donors (Lipinski definition) is 2. The summed E-state index contributed by atoms with van der Waals surface area (Å²) in [6.07, 6.45) is 42.8. The van der Waals surface area contributed by atoms with Gasteiger partial charge in [-0.25, -0.2) is 0 Å². The minimum Gasteiger partial charge on any atom is -0.490 e. The molecule has 0 saturated carbocycles. The average molecular weight is 773 g/mol. The Balaban J connectivity index is 2.86. The first-order valence-corrected chi connectivity index (χ1v) is 24.2. The molecule has 0 saturated heterocycles. The Labute approximate surface area is 342 Å². The highest BCUT2D eigenvalue weighted by molar-refractivity contribution is 5.95. The van der Waals surface area contributed by atoms with Crippen molar-refractivity contribution < 1.29 is 19.0 Å². The number of nitrogens with two attached hydrogens (primary N) is 1. The van der Waals surface area contributed by atoms with Crippen LogP contribution in [0.3, 0.4) is 0 Å². The van der Waals surface area contributed by atoms with Crippen LogP contribution >= 0.6 is 0 Å². The number of carbonyl (C=O) groups excluding carboxylic acids is 1. The monoisotopic (exact) mass is 773 g/mol. The topological polar surface area (TPSA) is 82.8 Å². The second-order valence-corrected chi connectivity index (χ2v) is 16.4. The van der Waals surface area contributed by atoms with Crippen molar-refractivity contribution in [2.75, 3.05) is 32.9 Å². The molecule has 0 spiro atoms. The van der Waals surface area contributed by atoms with Crippen molar-refractivity contribution in [2.24, 2.45) is 5.73 Å². The first-order chi connectivity index (χ1) is 27.2. The summed E-state index contributed by atoms with van der Waals surface area (Å²) < 4.78 is 19.5. The van der Waals surface area contributed by atoms with Gasteiger partial charge in [-0.3, -0.25) is 4.79 Å². The number of unbranched alkanes of at least 4 members (excludes halogenated alkanes) is 30. The molecule has 55 heavy (non-hydrogen) atoms. The third kappa shape index (κ3) is 30.8. The lowest BCUT2D eigenvalue weighted by molar-refractivity contribution is 0.0951. The average Bonchev–Trinajstić information content (AvgIpc) is 3.19. The van der Waals surface area contributed by atoms with Crippen molar-refractivity contribution in [3.63, 3.8) is 0 Å². The minimum atomic E-state index is -0.0763. The van der Waals surface area contributed by atoms with E-state index in [-0.39, 0.29) is 5.91 Å². The van der Waals surface area contributed by atoms with Crippen molar-refractivity contribution in [2.45, 2.75) is 239 Å². The lowest BCUT2D eigenvalue weighted by Crippen LogP contribution is -2.24. The van der Waals surface area contributed by atoms with Crippen molar-refractivity contribution in [3.05, 3.63) is 17.7 Å². The summed E-state index contributed by atoms with van der Waals surface area (Å²) in [5, 5.41) is 3.14. The molecule has 1 aromatic carbocycles. The number of nitrogens with one attached hydrogen (secondary N) is 1. The van der Waals surface area contributed by atoms with Gasteiger partial charge >= 0.3 is 0 Å². The van der Waals surface area contributed by atoms with Crippen LogP contribution in [0.15, 0.2) is 12.1 Å². The van der Waals surface area contributed by atoms with E-state index < -0.39 is 0 Å². The normalized spacial score (nSPS) is 11.3. The highest BCUT2D eigenvalue weighted by Crippen LogP contribution is 2.40. The molecule has 0 aliphatic heterocycles. The molecule has 1 amide bonds. The fraction of sp³-hybridized carbons (Fsp3) is 0.857. The number of carbonyl (C=O) groups is 1. The number of hydrogen-bond acceptors (Lipinski definition) is 5. The van der Waals surface area contributed by atoms with E-state index in [1.54, 1.807) is 0 Å². The van der Waals surface area contributed by atoms with Crippen LogP contribution in [0, 0.1) is 0 Å². The summed E-state index contributed by atoms with van der Waals surface area (Å²) >= 11 is 0. The second kappa shape index (κ2) is 40.3. The van der Waals surface area contributed by atoms with Gasteiger partial charge in [0.15, 0.2) is 11.5 Å². The second-order valence-electron chi connectivity index (χ2n) is 16.4. The Hall–Kier alpha value is -1.95. The molecule has 0 aromatic heterocycles. The van der Waals surface area contributed by atoms with E-state index in [2.05, 4.69) is 26.1 Å². The van der Waals surface area contributed by atoms with E-state index >= 15 is 0 Å². The summed E-state index contributed by atoms with van der Waals surface area (Å²) in [5.74, 6) is 1.90. The molecule has 0 fully saturated rings. The molecule has 0 atom stereocenters. The van der Waals surface area contributed by atoms with Crippen molar-refractivity contribution >= 4 is 5.91 Å². The van der Waals surface area contributed by atoms with Gasteiger partial charge in [-0.2, -0.15) is 0 Å². The Morgan fingerprint density at radius 1 is 0.436 bits per heavy atom. The Kier molecular flexibility index (Phi) is 37.4. The molecule has 0 unspecified atom stereocenters. The molecule has 1 rings (SSSR count). The van der Waals surface area contributed by atoms with Crippen molar-refractivity contribution in [1.29, 1.82) is 0 Å². The molecule has 0 radical (unpaired) electrons. The summed E-state index contributed by atoms with van der Waals surface area (Å²) in [7, 11) is 0. The van der Waals surface area contributed by atoms with Gasteiger partial charge in [-0.05, 0) is 50.8 Å². The molecular formula is C49H92N2O4. The smallest absolute Gasteiger partial charge is 0.251 e. The Morgan fingerprint density at radius 3 is 1.11 bits per heavy atom. The maximum atomic E-state index is 13.4. The quantitative estimate of drug-likeness (QED) is 0.0646. The van der Waals surface area contributed by atoms with Gasteiger partial charge in [0, 0.05) is 12.1 Å². The predicted molar refractivity (Wildman–Crippen MR) is 238 cm³/mol. The van der Waals surface area contributed by atoms with E-state index in [1.165, 1.54) is 161 Å². The molecule has 0 bridgehead atoms. The van der Waals surface area contributed by atoms with E-state index in [0.29, 0.717) is 49.2 Å². The van der Waals surface area contributed by atoms with Crippen LogP contribution in [0.2, 0.25) is 0 Å². The molecule has 0 aliphatic carbocycles. The highest BCUT2D eigenvalue weighted by Gasteiger charge is 2.19. The van der Waals surface area contributed by atoms with Crippen LogP contribution in [0.5, 0.6) is 17.2 Å². The first-order valence-electron chi connectivity index (χ1n) is 24.2. The summed E-state index contributed by atoms with van der Waals surface area (Å²) in [4.78, 5) is 13.4. The van der Waals surface area contributed by atoms with E-state index in [1.807, 2.05) is 12.1 Å². The number of benzene rings is 1. The number of amides is 1. The lowest BCUT2D eigenvalue weighted by Gasteiger charge is -2.19. The van der Waals surface area contributed by atoms with E-state index in [0.717, 1.165) is 64.3 Å². The minimum absolute atomic E-state index is 0.0763. The third-order valence-corrected chi connectivity index (χ3v) is 11.0. The van der Waals surface area contributed by atoms with Gasteiger partial charge in [-0.15, -0.1) is 0 Å². The van der Waals surface area contributed by atoms with Crippen LogP contribution in [-0.2, 0) is 0 Å². The maximum absolute atomic E-state index is 13.4. The zero-order chi connectivity index (χ0) is 39.7. The standard InChI is InChI=1S/C49H92N2O4/c1-4-7-10-13-16-19-22-25-30-35-40-53-46-43-45(49(52)51-39-34-29-28-33-38-50)44-47(54-41-36-31-26-23-20-17-14-11-8-5-2)48(46)55-42-37-32-27-24-21-18-15-12-9-6-3/h43-44H,4-42,50H2,1-3H3,(H,51,52). The summed E-state index contributed by atoms with van der Waals surface area (Å²) in [6.45, 7) is 10.1. The van der Waals surface area contributed by atoms with Gasteiger partial charge in [0.1, 0.15) is 0 Å². The van der Waals surface area contributed by atoms with Crippen LogP contribution in [0.4, 0.5) is 0 Å². The van der Waals surface area contributed by atoms with Gasteiger partial charge in [0.25, 0.3) is 5.91 Å². The summed E-state index contributed by atoms with van der Waals surface area (Å²) in [6, 6.07) is 3.78. The number of ether oxygens (including phenoxy) is 3. The predicted octanol–water partition coefficient (Wildman–Crippen LogP) is 14.8. The van der Waals surface area contributed by atoms with Gasteiger partial charge in [0.2, 0.25) is 5.75 Å². The van der Waals surface area contributed by atoms with Gasteiger partial charge < -0.3 is 25.3 Å². The molecule has 0 aliphatic rings. The van der Waals surface area contributed by atoms with Crippen LogP contribution in [0.1, 0.15) is 249 Å². The lowest BCUT2D eigenvalue weighted by atomic mass is 10.1. The first kappa shape index (κ1) is 51.1. The molecule has 322 valence electrons. The SMILES string of the molecule is CCCCCCCCCCCCOc1cc(C(=O)NCCCCCCN)cc(OCCCCCCCCCCCC)c1OCCCCCCCCCCCC. The zero-order valence-corrected chi connectivity index (χ0v) is 36.9. The highest BCUT2D eigenvalue weighted by atomic mass is 16.5. The largest absolute Gasteiger partial charge is 0.490 e. The Bertz CT molecular complexity index is 923. The molecule has 3 N–H and O–H groups in total. The number of rotatable bonds is 43. The molecular weight excluding hydrogens is 681 g/mol. The third-order valence-electron chi connectivity index (χ3n) is 11.0. The molecule has 0 heterocycles. The molecule has 6 nitrogen and oxygen atoms in total. The maximum Gasteiger partial charge on any atom is 0.251 e. The molecule has 1 aromatic rings. The van der Waals surface area contributed by atoms with Crippen molar-refractivity contribution in [3.8, 4) is 17.2 Å². The molecule has 6 heteroatoms. The van der Waals surface area contributed by atoms with Crippen LogP contribution < -0.4 is 25.3 Å². The van der Waals surface area contributed by atoms with Crippen LogP contribution in [0.25, 0.3) is 0 Å².